The number of primary amides is 1. The highest BCUT2D eigenvalue weighted by atomic mass is 32.2. The van der Waals surface area contributed by atoms with Crippen LogP contribution in [0.1, 0.15) is 52.0 Å². The number of aromatic amines is 1. The molecule has 9 atom stereocenters. The second kappa shape index (κ2) is 20.8. The van der Waals surface area contributed by atoms with Gasteiger partial charge in [-0.2, -0.15) is 0 Å². The maximum absolute atomic E-state index is 14.4. The Labute approximate surface area is 360 Å². The number of aliphatic hydroxyl groups excluding tert-OH is 2. The number of rotatable bonds is 7. The highest BCUT2D eigenvalue weighted by Gasteiger charge is 2.42. The quantitative estimate of drug-likeness (QED) is 0.127. The molecule has 13 N–H and O–H groups in total. The molecule has 3 aliphatic heterocycles. The van der Waals surface area contributed by atoms with E-state index >= 15 is 0 Å². The summed E-state index contributed by atoms with van der Waals surface area (Å²) in [5.74, 6) is -9.91. The van der Waals surface area contributed by atoms with Crippen LogP contribution in [0.25, 0.3) is 10.9 Å². The summed E-state index contributed by atoms with van der Waals surface area (Å²) < 4.78 is 0. The van der Waals surface area contributed by atoms with E-state index in [1.54, 1.807) is 19.9 Å². The first kappa shape index (κ1) is 47.1. The molecule has 1 aromatic carbocycles. The number of thioether (sulfide) groups is 1. The summed E-state index contributed by atoms with van der Waals surface area (Å²) in [5, 5.41) is 49.5. The topological polar surface area (TPSA) is 344 Å². The third kappa shape index (κ3) is 11.3. The number of hydrogen-bond acceptors (Lipinski definition) is 13. The zero-order chi connectivity index (χ0) is 45.4. The van der Waals surface area contributed by atoms with E-state index in [0.29, 0.717) is 34.3 Å². The van der Waals surface area contributed by atoms with Gasteiger partial charge in [0.25, 0.3) is 0 Å². The summed E-state index contributed by atoms with van der Waals surface area (Å²) in [6.45, 7) is 2.71. The molecule has 0 saturated carbocycles. The molecule has 22 nitrogen and oxygen atoms in total. The van der Waals surface area contributed by atoms with Crippen molar-refractivity contribution in [1.29, 1.82) is 0 Å². The van der Waals surface area contributed by atoms with E-state index in [1.807, 2.05) is 0 Å². The van der Waals surface area contributed by atoms with E-state index in [2.05, 4.69) is 42.2 Å². The van der Waals surface area contributed by atoms with Crippen LogP contribution in [-0.4, -0.2) is 153 Å². The second-order valence-corrected chi connectivity index (χ2v) is 16.8. The monoisotopic (exact) mass is 886 g/mol. The largest absolute Gasteiger partial charge is 0.508 e. The first-order valence-electron chi connectivity index (χ1n) is 20.3. The van der Waals surface area contributed by atoms with Gasteiger partial charge in [-0.15, -0.1) is 11.8 Å². The van der Waals surface area contributed by atoms with Crippen molar-refractivity contribution < 1.29 is 58.5 Å². The number of nitrogens with zero attached hydrogens (tertiary/aromatic N) is 1. The number of phenols is 1. The Kier molecular flexibility index (Phi) is 15.8. The summed E-state index contributed by atoms with van der Waals surface area (Å²) in [6, 6.07) is -4.34. The summed E-state index contributed by atoms with van der Waals surface area (Å²) in [7, 11) is 0. The van der Waals surface area contributed by atoms with Crippen molar-refractivity contribution >= 4 is 75.8 Å². The number of carbonyl (C=O) groups excluding carboxylic acids is 9. The Morgan fingerprint density at radius 1 is 0.871 bits per heavy atom. The zero-order valence-electron chi connectivity index (χ0n) is 34.4. The molecule has 9 amide bonds. The number of hydrogen-bond donors (Lipinski definition) is 12. The average Bonchev–Trinajstić information content (AvgIpc) is 3.86. The van der Waals surface area contributed by atoms with Crippen LogP contribution in [0.3, 0.4) is 0 Å². The molecule has 0 spiro atoms. The Hall–Kier alpha value is -5.94. The van der Waals surface area contributed by atoms with Crippen molar-refractivity contribution in [3.63, 3.8) is 0 Å². The highest BCUT2D eigenvalue weighted by Crippen LogP contribution is 2.33. The van der Waals surface area contributed by atoms with Crippen LogP contribution in [0.5, 0.6) is 5.75 Å². The standard InChI is InChI=1S/C39H54N10O12S/c1-4-17(2)31-36(59)42-13-29(54)43-25-16-62-38-21(20-8-7-19(51)10-22(20)46-38)11-23(33(56)41-14-30(55)47-31)44-37(60)32(18(3)27(52)15-50)48-35(58)26-6-5-9-49(26)39(61)24(12-28(40)53)45-34(25)57/h7-8,10,17-18,23-27,31-32,46,50-52H,4-6,9,11-16H2,1-3H3,(H2,40,53)(H,41,56)(H,42,59)(H,43,54)(H,44,60)(H,45,57)(H,47,55)(H,48,58)/t17-,18-,23-,24?,25-,26?,27-,31-,32?/m0/s1. The fraction of sp³-hybridized carbons (Fsp3) is 0.564. The van der Waals surface area contributed by atoms with Crippen LogP contribution >= 0.6 is 11.8 Å². The van der Waals surface area contributed by atoms with Crippen molar-refractivity contribution in [2.75, 3.05) is 32.0 Å². The van der Waals surface area contributed by atoms with Crippen LogP contribution in [-0.2, 0) is 49.6 Å². The van der Waals surface area contributed by atoms with Gasteiger partial charge in [0, 0.05) is 36.1 Å². The third-order valence-electron chi connectivity index (χ3n) is 11.4. The smallest absolute Gasteiger partial charge is 0.246 e. The summed E-state index contributed by atoms with van der Waals surface area (Å²) in [4.78, 5) is 128. The number of nitrogens with one attached hydrogen (secondary N) is 8. The predicted octanol–water partition coefficient (Wildman–Crippen LogP) is -3.91. The number of aromatic hydroxyl groups is 1. The van der Waals surface area contributed by atoms with Crippen LogP contribution in [0.4, 0.5) is 0 Å². The lowest BCUT2D eigenvalue weighted by Crippen LogP contribution is -2.62. The molecule has 4 heterocycles. The van der Waals surface area contributed by atoms with Gasteiger partial charge in [0.05, 0.1) is 42.8 Å². The zero-order valence-corrected chi connectivity index (χ0v) is 35.3. The number of amides is 9. The lowest BCUT2D eigenvalue weighted by molar-refractivity contribution is -0.144. The van der Waals surface area contributed by atoms with Gasteiger partial charge in [0.15, 0.2) is 0 Å². The van der Waals surface area contributed by atoms with Crippen LogP contribution < -0.4 is 43.0 Å². The van der Waals surface area contributed by atoms with Gasteiger partial charge in [-0.1, -0.05) is 27.2 Å². The molecular formula is C39H54N10O12S. The molecule has 5 rings (SSSR count). The second-order valence-electron chi connectivity index (χ2n) is 15.7. The van der Waals surface area contributed by atoms with Gasteiger partial charge in [-0.3, -0.25) is 43.2 Å². The molecule has 0 aliphatic carbocycles. The molecule has 338 valence electrons. The maximum atomic E-state index is 14.4. The highest BCUT2D eigenvalue weighted by molar-refractivity contribution is 7.99. The summed E-state index contributed by atoms with van der Waals surface area (Å²) >= 11 is 0.982. The first-order chi connectivity index (χ1) is 29.4. The lowest BCUT2D eigenvalue weighted by atomic mass is 9.94. The van der Waals surface area contributed by atoms with Crippen molar-refractivity contribution in [2.24, 2.45) is 17.6 Å². The van der Waals surface area contributed by atoms with Crippen molar-refractivity contribution in [1.82, 2.24) is 47.1 Å². The van der Waals surface area contributed by atoms with Crippen LogP contribution in [0.2, 0.25) is 0 Å². The molecule has 62 heavy (non-hydrogen) atoms. The number of aromatic nitrogens is 1. The fourth-order valence-electron chi connectivity index (χ4n) is 7.56. The van der Waals surface area contributed by atoms with Gasteiger partial charge >= 0.3 is 0 Å². The Bertz CT molecular complexity index is 2080. The minimum absolute atomic E-state index is 0.00434. The minimum Gasteiger partial charge on any atom is -0.508 e. The van der Waals surface area contributed by atoms with Gasteiger partial charge in [-0.25, -0.2) is 0 Å². The fourth-order valence-corrected chi connectivity index (χ4v) is 8.68. The molecule has 2 aromatic rings. The van der Waals surface area contributed by atoms with Crippen molar-refractivity contribution in [3.8, 4) is 5.75 Å². The van der Waals surface area contributed by atoms with E-state index in [4.69, 9.17) is 5.73 Å². The van der Waals surface area contributed by atoms with Gasteiger partial charge in [0.1, 0.15) is 42.0 Å². The number of aliphatic hydroxyl groups is 2. The van der Waals surface area contributed by atoms with E-state index in [1.165, 1.54) is 19.1 Å². The Morgan fingerprint density at radius 3 is 2.24 bits per heavy atom. The number of H-pyrrole nitrogens is 1. The Morgan fingerprint density at radius 2 is 1.56 bits per heavy atom. The normalized spacial score (nSPS) is 26.6. The van der Waals surface area contributed by atoms with E-state index in [-0.39, 0.29) is 30.9 Å². The van der Waals surface area contributed by atoms with E-state index < -0.39 is 133 Å². The Balaban J connectivity index is 1.69. The number of nitrogens with two attached hydrogens (primary N) is 1. The van der Waals surface area contributed by atoms with Crippen molar-refractivity contribution in [3.05, 3.63) is 23.8 Å². The molecule has 2 bridgehead atoms. The predicted molar refractivity (Wildman–Crippen MR) is 220 cm³/mol. The summed E-state index contributed by atoms with van der Waals surface area (Å²) in [6.07, 6.45) is -1.77. The molecule has 1 saturated heterocycles. The van der Waals surface area contributed by atoms with E-state index in [0.717, 1.165) is 16.7 Å². The molecule has 3 unspecified atom stereocenters. The van der Waals surface area contributed by atoms with Crippen molar-refractivity contribution in [2.45, 2.75) is 100 Å². The summed E-state index contributed by atoms with van der Waals surface area (Å²) in [5.41, 5.74) is 6.26. The molecule has 1 fully saturated rings. The molecule has 3 aliphatic rings. The molecule has 23 heteroatoms. The number of phenolic OH excluding ortho intramolecular Hbond substituents is 1. The van der Waals surface area contributed by atoms with Crippen LogP contribution in [0.15, 0.2) is 23.2 Å². The SMILES string of the molecule is CC[C@H](C)[C@@H]1NC(=O)CNC(=O)[C@@H]2Cc3c([nH]c4cc(O)ccc34)SC[C@H](NC(=O)CNC1=O)C(=O)NC(CC(N)=O)C(=O)N1CCCC1C(=O)NC([C@@H](C)[C@@H](O)CO)C(=O)N2. The third-order valence-corrected chi connectivity index (χ3v) is 12.5. The van der Waals surface area contributed by atoms with Crippen LogP contribution in [0, 0.1) is 11.8 Å². The first-order valence-corrected chi connectivity index (χ1v) is 21.3. The molecule has 0 radical (unpaired) electrons. The lowest BCUT2D eigenvalue weighted by Gasteiger charge is -2.33. The number of fused-ring (bicyclic) bond motifs is 5. The van der Waals surface area contributed by atoms with E-state index in [9.17, 15) is 58.5 Å². The van der Waals surface area contributed by atoms with Gasteiger partial charge < -0.3 is 68.2 Å². The van der Waals surface area contributed by atoms with Gasteiger partial charge in [-0.05, 0) is 36.5 Å². The number of benzene rings is 1. The minimum atomic E-state index is -1.63. The molecular weight excluding hydrogens is 833 g/mol. The maximum Gasteiger partial charge on any atom is 0.246 e. The average molecular weight is 887 g/mol. The number of carbonyl (C=O) groups is 9. The van der Waals surface area contributed by atoms with Gasteiger partial charge in [0.2, 0.25) is 53.2 Å². The molecule has 1 aromatic heterocycles.